The van der Waals surface area contributed by atoms with Crippen molar-refractivity contribution in [3.63, 3.8) is 0 Å². The molecule has 0 N–H and O–H groups in total. The van der Waals surface area contributed by atoms with Gasteiger partial charge in [0, 0.05) is 0 Å². The van der Waals surface area contributed by atoms with Gasteiger partial charge in [0.15, 0.2) is 0 Å². The zero-order chi connectivity index (χ0) is 9.07. The third-order valence-electron chi connectivity index (χ3n) is 2.16. The summed E-state index contributed by atoms with van der Waals surface area (Å²) in [6, 6.07) is 0. The summed E-state index contributed by atoms with van der Waals surface area (Å²) in [4.78, 5) is 0. The highest BCUT2D eigenvalue weighted by atomic mass is 14.0. The van der Waals surface area contributed by atoms with Gasteiger partial charge in [-0.05, 0) is 12.8 Å². The van der Waals surface area contributed by atoms with Crippen molar-refractivity contribution in [2.24, 2.45) is 0 Å². The Kier molecular flexibility index (Phi) is 11.0. The summed E-state index contributed by atoms with van der Waals surface area (Å²) in [6.45, 7) is 4.40. The maximum absolute atomic E-state index is 2.46. The summed E-state index contributed by atoms with van der Waals surface area (Å²) in [5, 5.41) is 0. The van der Waals surface area contributed by atoms with Crippen LogP contribution in [0.2, 0.25) is 0 Å². The van der Waals surface area contributed by atoms with Crippen LogP contribution in [0.15, 0.2) is 0 Å². The van der Waals surface area contributed by atoms with Gasteiger partial charge >= 0.3 is 0 Å². The second kappa shape index (κ2) is 11.0. The molecule has 0 heterocycles. The predicted octanol–water partition coefficient (Wildman–Crippen LogP) is 4.56. The van der Waals surface area contributed by atoms with E-state index in [1.165, 1.54) is 51.4 Å². The molecule has 0 aromatic rings. The highest BCUT2D eigenvalue weighted by Crippen LogP contribution is 2.08. The highest BCUT2D eigenvalue weighted by Gasteiger charge is 1.90. The van der Waals surface area contributed by atoms with Gasteiger partial charge in [0.2, 0.25) is 0 Å². The average molecular weight is 168 g/mol. The molecule has 0 saturated carbocycles. The van der Waals surface area contributed by atoms with Crippen molar-refractivity contribution in [2.75, 3.05) is 0 Å². The molecule has 0 heteroatoms. The number of unbranched alkanes of at least 4 members (excludes halogenated alkanes) is 9. The molecule has 0 spiro atoms. The molecule has 0 nitrogen and oxygen atoms in total. The third-order valence-corrected chi connectivity index (χ3v) is 2.16. The summed E-state index contributed by atoms with van der Waals surface area (Å²) < 4.78 is 0. The third kappa shape index (κ3) is 10.0. The molecule has 0 aromatic heterocycles. The Bertz CT molecular complexity index is 56.4. The van der Waals surface area contributed by atoms with Crippen LogP contribution >= 0.6 is 0 Å². The summed E-state index contributed by atoms with van der Waals surface area (Å²) in [5.74, 6) is 0. The van der Waals surface area contributed by atoms with Crippen LogP contribution in [-0.2, 0) is 0 Å². The molecule has 0 aliphatic carbocycles. The van der Waals surface area contributed by atoms with Crippen molar-refractivity contribution in [1.82, 2.24) is 0 Å². The second-order valence-electron chi connectivity index (χ2n) is 3.48. The van der Waals surface area contributed by atoms with E-state index in [4.69, 9.17) is 0 Å². The summed E-state index contributed by atoms with van der Waals surface area (Å²) in [7, 11) is 0. The van der Waals surface area contributed by atoms with Gasteiger partial charge in [-0.1, -0.05) is 65.2 Å². The largest absolute Gasteiger partial charge is 0.0654 e. The molecule has 0 unspecified atom stereocenters. The monoisotopic (exact) mass is 168 g/mol. The molecule has 0 bridgehead atoms. The molecule has 0 rings (SSSR count). The van der Waals surface area contributed by atoms with E-state index in [-0.39, 0.29) is 0 Å². The Balaban J connectivity index is 2.73. The summed E-state index contributed by atoms with van der Waals surface area (Å²) in [5.41, 5.74) is 0. The molecular weight excluding hydrogens is 144 g/mol. The van der Waals surface area contributed by atoms with Crippen LogP contribution < -0.4 is 0 Å². The van der Waals surface area contributed by atoms with E-state index in [9.17, 15) is 0 Å². The van der Waals surface area contributed by atoms with Crippen molar-refractivity contribution in [3.05, 3.63) is 12.8 Å². The lowest BCUT2D eigenvalue weighted by atomic mass is 10.1. The van der Waals surface area contributed by atoms with E-state index in [1.54, 1.807) is 0 Å². The first-order valence-electron chi connectivity index (χ1n) is 5.51. The van der Waals surface area contributed by atoms with Crippen LogP contribution in [0.3, 0.4) is 0 Å². The Hall–Kier alpha value is 0. The molecule has 0 aliphatic heterocycles. The first kappa shape index (κ1) is 12.0. The minimum atomic E-state index is 1.28. The van der Waals surface area contributed by atoms with Crippen LogP contribution in [0.4, 0.5) is 0 Å². The molecule has 2 radical (unpaired) electrons. The Morgan fingerprint density at radius 3 is 2.25 bits per heavy atom. The van der Waals surface area contributed by atoms with E-state index < -0.39 is 0 Å². The first-order valence-corrected chi connectivity index (χ1v) is 5.51. The van der Waals surface area contributed by atoms with E-state index >= 15 is 0 Å². The molecule has 0 atom stereocenters. The van der Waals surface area contributed by atoms with Gasteiger partial charge in [-0.3, -0.25) is 0 Å². The van der Waals surface area contributed by atoms with Gasteiger partial charge in [0.05, 0.1) is 0 Å². The van der Waals surface area contributed by atoms with E-state index in [0.717, 1.165) is 0 Å². The number of rotatable bonds is 9. The quantitative estimate of drug-likeness (QED) is 0.443. The maximum atomic E-state index is 2.46. The van der Waals surface area contributed by atoms with Crippen LogP contribution in [-0.4, -0.2) is 0 Å². The van der Waals surface area contributed by atoms with Gasteiger partial charge in [0.1, 0.15) is 0 Å². The molecule has 0 aromatic carbocycles. The molecule has 0 amide bonds. The van der Waals surface area contributed by atoms with E-state index in [0.29, 0.717) is 0 Å². The van der Waals surface area contributed by atoms with Crippen molar-refractivity contribution < 1.29 is 0 Å². The van der Waals surface area contributed by atoms with Crippen LogP contribution in [0, 0.1) is 12.8 Å². The summed E-state index contributed by atoms with van der Waals surface area (Å²) in [6.07, 6.45) is 15.6. The smallest absolute Gasteiger partial charge is 0.0386 e. The lowest BCUT2D eigenvalue weighted by molar-refractivity contribution is 0.643. The van der Waals surface area contributed by atoms with Gasteiger partial charge in [0.25, 0.3) is 0 Å². The predicted molar refractivity (Wildman–Crippen MR) is 56.9 cm³/mol. The molecule has 0 aliphatic rings. The zero-order valence-electron chi connectivity index (χ0n) is 8.81. The van der Waals surface area contributed by atoms with Crippen LogP contribution in [0.1, 0.15) is 65.2 Å². The fraction of sp³-hybridized carbons (Fsp3) is 0.833. The minimum absolute atomic E-state index is 1.28. The Labute approximate surface area is 78.8 Å². The lowest BCUT2D eigenvalue weighted by Crippen LogP contribution is -1.81. The van der Waals surface area contributed by atoms with Crippen molar-refractivity contribution >= 4 is 0 Å². The molecule has 0 saturated heterocycles. The van der Waals surface area contributed by atoms with Crippen molar-refractivity contribution in [2.45, 2.75) is 65.2 Å². The topological polar surface area (TPSA) is 0 Å². The fourth-order valence-corrected chi connectivity index (χ4v) is 1.33. The van der Waals surface area contributed by atoms with Crippen LogP contribution in [0.5, 0.6) is 0 Å². The van der Waals surface area contributed by atoms with E-state index in [1.807, 2.05) is 0 Å². The van der Waals surface area contributed by atoms with E-state index in [2.05, 4.69) is 26.7 Å². The average Bonchev–Trinajstić information content (AvgIpc) is 2.10. The van der Waals surface area contributed by atoms with Gasteiger partial charge in [-0.15, -0.1) is 0 Å². The molecule has 0 fully saturated rings. The Morgan fingerprint density at radius 1 is 0.833 bits per heavy atom. The van der Waals surface area contributed by atoms with Crippen molar-refractivity contribution in [1.29, 1.82) is 0 Å². The number of hydrogen-bond donors (Lipinski definition) is 0. The van der Waals surface area contributed by atoms with Gasteiger partial charge in [-0.2, -0.15) is 0 Å². The standard InChI is InChI=1S/C12H24/c1-3-5-7-9-11-12-10-8-6-4-2/h3,11H,4-10,12H2,1-2H3. The second-order valence-corrected chi connectivity index (χ2v) is 3.48. The van der Waals surface area contributed by atoms with Gasteiger partial charge in [-0.25, -0.2) is 0 Å². The molecule has 72 valence electrons. The Morgan fingerprint density at radius 2 is 1.58 bits per heavy atom. The molecule has 12 heavy (non-hydrogen) atoms. The highest BCUT2D eigenvalue weighted by molar-refractivity contribution is 4.66. The summed E-state index contributed by atoms with van der Waals surface area (Å²) >= 11 is 0. The fourth-order valence-electron chi connectivity index (χ4n) is 1.33. The number of hydrogen-bond acceptors (Lipinski definition) is 0. The SMILES string of the molecule is C[CH]CCC[CH]CCCCCC. The normalized spacial score (nSPS) is 10.5. The minimum Gasteiger partial charge on any atom is -0.0654 e. The van der Waals surface area contributed by atoms with Gasteiger partial charge < -0.3 is 0 Å². The lowest BCUT2D eigenvalue weighted by Gasteiger charge is -1.99. The first-order chi connectivity index (χ1) is 5.91. The zero-order valence-corrected chi connectivity index (χ0v) is 8.81. The van der Waals surface area contributed by atoms with Crippen LogP contribution in [0.25, 0.3) is 0 Å². The molecular formula is C12H24. The maximum Gasteiger partial charge on any atom is -0.0386 e. The van der Waals surface area contributed by atoms with Crippen molar-refractivity contribution in [3.8, 4) is 0 Å².